The van der Waals surface area contributed by atoms with Gasteiger partial charge in [-0.3, -0.25) is 4.57 Å². The summed E-state index contributed by atoms with van der Waals surface area (Å²) in [6, 6.07) is 20.6. The summed E-state index contributed by atoms with van der Waals surface area (Å²) in [5.41, 5.74) is 1.61. The number of nitrogens with zero attached hydrogens (tertiary/aromatic N) is 2. The SMILES string of the molecule is CCOP(=O)(OCC)C(F)(F)c1ccc(CN(c2ccc(C)c(C)c2)c2nc(-c3ccccc3)cs2)cc1Br. The smallest absolute Gasteiger partial charge is 0.313 e. The van der Waals surface area contributed by atoms with Crippen LogP contribution >= 0.6 is 34.9 Å². The molecule has 5 nitrogen and oxygen atoms in total. The van der Waals surface area contributed by atoms with Crippen LogP contribution in [0.15, 0.2) is 76.6 Å². The molecule has 206 valence electrons. The molecule has 0 aliphatic heterocycles. The number of hydrogen-bond acceptors (Lipinski definition) is 6. The van der Waals surface area contributed by atoms with Gasteiger partial charge in [-0.1, -0.05) is 64.5 Å². The average Bonchev–Trinajstić information content (AvgIpc) is 3.40. The molecule has 0 aliphatic rings. The number of aryl methyl sites for hydroxylation is 2. The fraction of sp³-hybridized carbons (Fsp3) is 0.276. The molecule has 0 saturated carbocycles. The minimum atomic E-state index is -4.73. The second kappa shape index (κ2) is 12.4. The van der Waals surface area contributed by atoms with E-state index in [0.717, 1.165) is 33.2 Å². The molecule has 4 rings (SSSR count). The van der Waals surface area contributed by atoms with Gasteiger partial charge in [0.25, 0.3) is 0 Å². The highest BCUT2D eigenvalue weighted by Gasteiger charge is 2.55. The summed E-state index contributed by atoms with van der Waals surface area (Å²) in [6.07, 6.45) is 0. The topological polar surface area (TPSA) is 51.7 Å². The summed E-state index contributed by atoms with van der Waals surface area (Å²) in [7, 11) is -4.73. The van der Waals surface area contributed by atoms with Crippen molar-refractivity contribution in [3.63, 3.8) is 0 Å². The predicted molar refractivity (Wildman–Crippen MR) is 158 cm³/mol. The molecule has 39 heavy (non-hydrogen) atoms. The van der Waals surface area contributed by atoms with Crippen molar-refractivity contribution < 1.29 is 22.4 Å². The molecule has 0 amide bonds. The number of benzene rings is 3. The molecule has 0 N–H and O–H groups in total. The number of rotatable bonds is 11. The first-order valence-electron chi connectivity index (χ1n) is 12.5. The summed E-state index contributed by atoms with van der Waals surface area (Å²) in [4.78, 5) is 6.96. The van der Waals surface area contributed by atoms with Crippen LogP contribution in [0.3, 0.4) is 0 Å². The van der Waals surface area contributed by atoms with Gasteiger partial charge in [-0.25, -0.2) is 4.98 Å². The minimum Gasteiger partial charge on any atom is -0.313 e. The number of hydrogen-bond donors (Lipinski definition) is 0. The molecule has 10 heteroatoms. The highest BCUT2D eigenvalue weighted by Crippen LogP contribution is 2.67. The Labute approximate surface area is 240 Å². The number of alkyl halides is 2. The van der Waals surface area contributed by atoms with E-state index in [1.165, 1.54) is 36.8 Å². The maximum atomic E-state index is 15.4. The van der Waals surface area contributed by atoms with Crippen molar-refractivity contribution in [1.29, 1.82) is 0 Å². The maximum absolute atomic E-state index is 15.4. The van der Waals surface area contributed by atoms with Gasteiger partial charge < -0.3 is 13.9 Å². The van der Waals surface area contributed by atoms with Gasteiger partial charge in [0.05, 0.1) is 25.5 Å². The Morgan fingerprint density at radius 3 is 2.28 bits per heavy atom. The lowest BCUT2D eigenvalue weighted by Gasteiger charge is -2.27. The second-order valence-electron chi connectivity index (χ2n) is 8.92. The first-order valence-corrected chi connectivity index (χ1v) is 15.7. The van der Waals surface area contributed by atoms with Gasteiger partial charge in [0, 0.05) is 26.7 Å². The highest BCUT2D eigenvalue weighted by atomic mass is 79.9. The summed E-state index contributed by atoms with van der Waals surface area (Å²) >= 11 is 4.81. The van der Waals surface area contributed by atoms with Crippen molar-refractivity contribution >= 4 is 45.7 Å². The fourth-order valence-electron chi connectivity index (χ4n) is 4.06. The number of aromatic nitrogens is 1. The monoisotopic (exact) mass is 634 g/mol. The standard InChI is InChI=1S/C29H30BrF2N2O3PS/c1-5-36-38(35,37-6-2)29(31,32)25-15-13-22(17-26(25)30)18-34(24-14-12-20(3)21(4)16-24)28-33-27(19-39-28)23-10-8-7-9-11-23/h7-17,19H,5-6,18H2,1-4H3. The molecule has 0 fully saturated rings. The van der Waals surface area contributed by atoms with Crippen LogP contribution in [-0.4, -0.2) is 18.2 Å². The summed E-state index contributed by atoms with van der Waals surface area (Å²) in [6.45, 7) is 7.17. The van der Waals surface area contributed by atoms with E-state index in [1.54, 1.807) is 12.1 Å². The van der Waals surface area contributed by atoms with Crippen LogP contribution in [0.2, 0.25) is 0 Å². The Kier molecular flexibility index (Phi) is 9.40. The lowest BCUT2D eigenvalue weighted by molar-refractivity contribution is 0.0354. The van der Waals surface area contributed by atoms with Crippen LogP contribution < -0.4 is 4.90 Å². The highest BCUT2D eigenvalue weighted by molar-refractivity contribution is 9.10. The van der Waals surface area contributed by atoms with Crippen LogP contribution in [0.5, 0.6) is 0 Å². The Bertz CT molecular complexity index is 1470. The third kappa shape index (κ3) is 6.34. The van der Waals surface area contributed by atoms with E-state index in [9.17, 15) is 4.57 Å². The van der Waals surface area contributed by atoms with Crippen LogP contribution in [0.1, 0.15) is 36.1 Å². The van der Waals surface area contributed by atoms with Gasteiger partial charge in [-0.2, -0.15) is 8.78 Å². The zero-order valence-electron chi connectivity index (χ0n) is 22.2. The quantitative estimate of drug-likeness (QED) is 0.154. The van der Waals surface area contributed by atoms with E-state index in [-0.39, 0.29) is 17.7 Å². The van der Waals surface area contributed by atoms with E-state index in [1.807, 2.05) is 41.8 Å². The molecular formula is C29H30BrF2N2O3PS. The normalized spacial score (nSPS) is 12.1. The zero-order chi connectivity index (χ0) is 28.2. The van der Waals surface area contributed by atoms with E-state index in [0.29, 0.717) is 6.54 Å². The molecule has 1 aromatic heterocycles. The van der Waals surface area contributed by atoms with Gasteiger partial charge in [-0.15, -0.1) is 11.3 Å². The van der Waals surface area contributed by atoms with E-state index < -0.39 is 18.8 Å². The van der Waals surface area contributed by atoms with Crippen LogP contribution in [0.4, 0.5) is 19.6 Å². The van der Waals surface area contributed by atoms with Crippen molar-refractivity contribution in [2.45, 2.75) is 39.9 Å². The first-order chi connectivity index (χ1) is 18.6. The Morgan fingerprint density at radius 1 is 0.974 bits per heavy atom. The van der Waals surface area contributed by atoms with Crippen LogP contribution in [-0.2, 0) is 25.8 Å². The average molecular weight is 636 g/mol. The van der Waals surface area contributed by atoms with Gasteiger partial charge >= 0.3 is 13.3 Å². The molecule has 0 bridgehead atoms. The predicted octanol–water partition coefficient (Wildman–Crippen LogP) is 9.84. The van der Waals surface area contributed by atoms with Crippen molar-refractivity contribution in [3.8, 4) is 11.3 Å². The molecule has 0 saturated heterocycles. The van der Waals surface area contributed by atoms with Gasteiger partial charge in [-0.05, 0) is 62.6 Å². The van der Waals surface area contributed by atoms with Crippen molar-refractivity contribution in [1.82, 2.24) is 4.98 Å². The lowest BCUT2D eigenvalue weighted by atomic mass is 10.1. The van der Waals surface area contributed by atoms with Crippen molar-refractivity contribution in [3.05, 3.63) is 98.8 Å². The Hall–Kier alpha value is -2.42. The van der Waals surface area contributed by atoms with E-state index in [4.69, 9.17) is 14.0 Å². The third-order valence-corrected chi connectivity index (χ3v) is 9.88. The summed E-state index contributed by atoms with van der Waals surface area (Å²) in [5.74, 6) is 0. The number of anilines is 2. The molecule has 0 radical (unpaired) electrons. The summed E-state index contributed by atoms with van der Waals surface area (Å²) in [5, 5.41) is 2.79. The molecular weight excluding hydrogens is 605 g/mol. The Morgan fingerprint density at radius 2 is 1.67 bits per heavy atom. The number of thiazole rings is 1. The molecule has 0 unspecified atom stereocenters. The molecule has 0 spiro atoms. The number of halogens is 3. The maximum Gasteiger partial charge on any atom is 0.404 e. The lowest BCUT2D eigenvalue weighted by Crippen LogP contribution is -2.20. The largest absolute Gasteiger partial charge is 0.404 e. The molecule has 4 aromatic rings. The van der Waals surface area contributed by atoms with E-state index >= 15 is 8.78 Å². The van der Waals surface area contributed by atoms with Crippen LogP contribution in [0, 0.1) is 13.8 Å². The summed E-state index contributed by atoms with van der Waals surface area (Å²) < 4.78 is 53.9. The molecule has 3 aromatic carbocycles. The minimum absolute atomic E-state index is 0.119. The Balaban J connectivity index is 1.71. The third-order valence-electron chi connectivity index (χ3n) is 6.23. The van der Waals surface area contributed by atoms with Gasteiger partial charge in [0.2, 0.25) is 0 Å². The van der Waals surface area contributed by atoms with Gasteiger partial charge in [0.15, 0.2) is 5.13 Å². The molecule has 0 atom stereocenters. The van der Waals surface area contributed by atoms with Crippen molar-refractivity contribution in [2.24, 2.45) is 0 Å². The first kappa shape index (κ1) is 29.6. The van der Waals surface area contributed by atoms with E-state index in [2.05, 4.69) is 46.8 Å². The fourth-order valence-corrected chi connectivity index (χ4v) is 7.31. The zero-order valence-corrected chi connectivity index (χ0v) is 25.5. The second-order valence-corrected chi connectivity index (χ2v) is 12.7. The van der Waals surface area contributed by atoms with Gasteiger partial charge in [0.1, 0.15) is 0 Å². The molecule has 0 aliphatic carbocycles. The van der Waals surface area contributed by atoms with Crippen molar-refractivity contribution in [2.75, 3.05) is 18.1 Å². The molecule has 1 heterocycles. The van der Waals surface area contributed by atoms with Crippen LogP contribution in [0.25, 0.3) is 11.3 Å².